The molecule has 0 unspecified atom stereocenters. The van der Waals surface area contributed by atoms with Crippen molar-refractivity contribution in [3.8, 4) is 6.07 Å². The highest BCUT2D eigenvalue weighted by Gasteiger charge is 2.16. The Hall–Kier alpha value is -1.83. The van der Waals surface area contributed by atoms with Crippen molar-refractivity contribution in [3.63, 3.8) is 0 Å². The number of nitrogens with zero attached hydrogens (tertiary/aromatic N) is 4. The molecular weight excluding hydrogens is 192 g/mol. The van der Waals surface area contributed by atoms with Crippen LogP contribution >= 0.6 is 0 Å². The van der Waals surface area contributed by atoms with E-state index in [9.17, 15) is 4.79 Å². The van der Waals surface area contributed by atoms with Crippen molar-refractivity contribution in [1.82, 2.24) is 14.7 Å². The molecule has 0 fully saturated rings. The maximum absolute atomic E-state index is 11.8. The Morgan fingerprint density at radius 3 is 2.93 bits per heavy atom. The molecule has 0 aromatic carbocycles. The average Bonchev–Trinajstić information content (AvgIpc) is 2.58. The zero-order valence-corrected chi connectivity index (χ0v) is 9.19. The van der Waals surface area contributed by atoms with Crippen LogP contribution in [0.3, 0.4) is 0 Å². The lowest BCUT2D eigenvalue weighted by atomic mass is 10.3. The monoisotopic (exact) mass is 206 g/mol. The molecule has 0 aliphatic heterocycles. The number of carbonyl (C=O) groups is 1. The summed E-state index contributed by atoms with van der Waals surface area (Å²) in [7, 11) is 1.61. The molecule has 0 radical (unpaired) electrons. The molecule has 0 N–H and O–H groups in total. The molecule has 1 aromatic heterocycles. The summed E-state index contributed by atoms with van der Waals surface area (Å²) in [6.45, 7) is 4.50. The van der Waals surface area contributed by atoms with Gasteiger partial charge in [0.15, 0.2) is 0 Å². The lowest BCUT2D eigenvalue weighted by molar-refractivity contribution is 0.0800. The molecule has 1 heterocycles. The van der Waals surface area contributed by atoms with Gasteiger partial charge in [0.25, 0.3) is 5.91 Å². The third-order valence-electron chi connectivity index (χ3n) is 2.08. The molecular formula is C10H14N4O. The average molecular weight is 206 g/mol. The van der Waals surface area contributed by atoms with E-state index >= 15 is 0 Å². The van der Waals surface area contributed by atoms with Crippen LogP contribution in [0.2, 0.25) is 0 Å². The van der Waals surface area contributed by atoms with Gasteiger partial charge in [0.05, 0.1) is 11.8 Å². The maximum atomic E-state index is 11.8. The van der Waals surface area contributed by atoms with Crippen LogP contribution in [0.4, 0.5) is 0 Å². The van der Waals surface area contributed by atoms with E-state index in [1.165, 1.54) is 4.90 Å². The van der Waals surface area contributed by atoms with E-state index in [-0.39, 0.29) is 12.5 Å². The second kappa shape index (κ2) is 4.60. The molecule has 15 heavy (non-hydrogen) atoms. The van der Waals surface area contributed by atoms with Crippen LogP contribution in [0.15, 0.2) is 6.07 Å². The fourth-order valence-corrected chi connectivity index (χ4v) is 1.33. The van der Waals surface area contributed by atoms with Gasteiger partial charge in [0, 0.05) is 13.6 Å². The summed E-state index contributed by atoms with van der Waals surface area (Å²) in [5.74, 6) is -0.168. The first kappa shape index (κ1) is 11.2. The standard InChI is InChI=1S/C10H14N4O/c1-4-14-9(7-8(2)12-14)10(15)13(3)6-5-11/h7H,4,6H2,1-3H3. The predicted molar refractivity (Wildman–Crippen MR) is 55.2 cm³/mol. The Bertz CT molecular complexity index is 402. The molecule has 0 spiro atoms. The minimum absolute atomic E-state index is 0.0901. The van der Waals surface area contributed by atoms with E-state index in [0.717, 1.165) is 5.69 Å². The lowest BCUT2D eigenvalue weighted by Crippen LogP contribution is -2.29. The molecule has 5 heteroatoms. The summed E-state index contributed by atoms with van der Waals surface area (Å²) < 4.78 is 1.64. The van der Waals surface area contributed by atoms with Gasteiger partial charge in [-0.15, -0.1) is 0 Å². The fraction of sp³-hybridized carbons (Fsp3) is 0.500. The first-order valence-electron chi connectivity index (χ1n) is 4.77. The smallest absolute Gasteiger partial charge is 0.272 e. The Balaban J connectivity index is 2.95. The molecule has 0 saturated heterocycles. The fourth-order valence-electron chi connectivity index (χ4n) is 1.33. The van der Waals surface area contributed by atoms with E-state index < -0.39 is 0 Å². The van der Waals surface area contributed by atoms with Crippen molar-refractivity contribution < 1.29 is 4.79 Å². The van der Waals surface area contributed by atoms with Gasteiger partial charge < -0.3 is 4.90 Å². The number of amides is 1. The number of rotatable bonds is 3. The number of carbonyl (C=O) groups excluding carboxylic acids is 1. The summed E-state index contributed by atoms with van der Waals surface area (Å²) >= 11 is 0. The molecule has 1 aromatic rings. The van der Waals surface area contributed by atoms with Gasteiger partial charge in [-0.3, -0.25) is 9.48 Å². The minimum atomic E-state index is -0.168. The van der Waals surface area contributed by atoms with E-state index in [1.54, 1.807) is 17.8 Å². The molecule has 0 atom stereocenters. The molecule has 80 valence electrons. The Morgan fingerprint density at radius 2 is 2.40 bits per heavy atom. The summed E-state index contributed by atoms with van der Waals surface area (Å²) in [5.41, 5.74) is 1.35. The minimum Gasteiger partial charge on any atom is -0.327 e. The quantitative estimate of drug-likeness (QED) is 0.687. The Kier molecular flexibility index (Phi) is 3.45. The number of hydrogen-bond donors (Lipinski definition) is 0. The lowest BCUT2D eigenvalue weighted by Gasteiger charge is -2.13. The van der Waals surface area contributed by atoms with Crippen molar-refractivity contribution in [3.05, 3.63) is 17.5 Å². The highest BCUT2D eigenvalue weighted by molar-refractivity contribution is 5.92. The van der Waals surface area contributed by atoms with E-state index in [1.807, 2.05) is 19.9 Å². The second-order valence-electron chi connectivity index (χ2n) is 3.31. The van der Waals surface area contributed by atoms with Crippen LogP contribution in [0.1, 0.15) is 23.1 Å². The van der Waals surface area contributed by atoms with Gasteiger partial charge in [-0.2, -0.15) is 10.4 Å². The van der Waals surface area contributed by atoms with Gasteiger partial charge in [-0.05, 0) is 19.9 Å². The molecule has 5 nitrogen and oxygen atoms in total. The molecule has 0 saturated carbocycles. The summed E-state index contributed by atoms with van der Waals surface area (Å²) in [6, 6.07) is 3.67. The first-order valence-corrected chi connectivity index (χ1v) is 4.77. The zero-order chi connectivity index (χ0) is 11.4. The topological polar surface area (TPSA) is 61.9 Å². The number of aryl methyl sites for hydroxylation is 2. The first-order chi connectivity index (χ1) is 7.10. The maximum Gasteiger partial charge on any atom is 0.272 e. The van der Waals surface area contributed by atoms with Crippen molar-refractivity contribution in [2.45, 2.75) is 20.4 Å². The highest BCUT2D eigenvalue weighted by Crippen LogP contribution is 2.06. The SMILES string of the molecule is CCn1nc(C)cc1C(=O)N(C)CC#N. The van der Waals surface area contributed by atoms with Crippen molar-refractivity contribution in [2.24, 2.45) is 0 Å². The van der Waals surface area contributed by atoms with Gasteiger partial charge in [0.2, 0.25) is 0 Å². The predicted octanol–water partition coefficient (Wildman–Crippen LogP) is 0.807. The largest absolute Gasteiger partial charge is 0.327 e. The highest BCUT2D eigenvalue weighted by atomic mass is 16.2. The van der Waals surface area contributed by atoms with E-state index in [4.69, 9.17) is 5.26 Å². The Labute approximate surface area is 88.9 Å². The summed E-state index contributed by atoms with van der Waals surface area (Å²) in [6.07, 6.45) is 0. The van der Waals surface area contributed by atoms with Gasteiger partial charge in [-0.1, -0.05) is 0 Å². The van der Waals surface area contributed by atoms with Crippen LogP contribution in [0, 0.1) is 18.3 Å². The van der Waals surface area contributed by atoms with Gasteiger partial charge in [-0.25, -0.2) is 0 Å². The number of nitriles is 1. The van der Waals surface area contributed by atoms with Crippen molar-refractivity contribution >= 4 is 5.91 Å². The van der Waals surface area contributed by atoms with Crippen LogP contribution in [-0.4, -0.2) is 34.2 Å². The molecule has 0 aliphatic rings. The second-order valence-corrected chi connectivity index (χ2v) is 3.31. The number of aromatic nitrogens is 2. The zero-order valence-electron chi connectivity index (χ0n) is 9.19. The molecule has 1 rings (SSSR count). The van der Waals surface area contributed by atoms with Crippen LogP contribution in [0.5, 0.6) is 0 Å². The normalized spacial score (nSPS) is 9.73. The van der Waals surface area contributed by atoms with Crippen LogP contribution in [0.25, 0.3) is 0 Å². The van der Waals surface area contributed by atoms with E-state index in [2.05, 4.69) is 5.10 Å². The third kappa shape index (κ3) is 2.34. The molecule has 0 bridgehead atoms. The molecule has 1 amide bonds. The van der Waals surface area contributed by atoms with Crippen molar-refractivity contribution in [1.29, 1.82) is 5.26 Å². The summed E-state index contributed by atoms with van der Waals surface area (Å²) in [5, 5.41) is 12.7. The summed E-state index contributed by atoms with van der Waals surface area (Å²) in [4.78, 5) is 13.2. The van der Waals surface area contributed by atoms with Gasteiger partial charge in [0.1, 0.15) is 12.2 Å². The third-order valence-corrected chi connectivity index (χ3v) is 2.08. The van der Waals surface area contributed by atoms with Crippen LogP contribution in [-0.2, 0) is 6.54 Å². The Morgan fingerprint density at radius 1 is 1.73 bits per heavy atom. The number of hydrogen-bond acceptors (Lipinski definition) is 3. The van der Waals surface area contributed by atoms with E-state index in [0.29, 0.717) is 12.2 Å². The molecule has 0 aliphatic carbocycles. The van der Waals surface area contributed by atoms with Crippen molar-refractivity contribution in [2.75, 3.05) is 13.6 Å². The van der Waals surface area contributed by atoms with Crippen LogP contribution < -0.4 is 0 Å². The van der Waals surface area contributed by atoms with Gasteiger partial charge >= 0.3 is 0 Å².